The molecule has 0 aliphatic carbocycles. The van der Waals surface area contributed by atoms with E-state index in [0.29, 0.717) is 31.7 Å². The van der Waals surface area contributed by atoms with Crippen LogP contribution in [0.25, 0.3) is 0 Å². The average molecular weight is 522 g/mol. The number of rotatable bonds is 8. The molecule has 0 radical (unpaired) electrons. The lowest BCUT2D eigenvalue weighted by molar-refractivity contribution is -0.137. The van der Waals surface area contributed by atoms with E-state index < -0.39 is 0 Å². The molecule has 0 unspecified atom stereocenters. The zero-order valence-corrected chi connectivity index (χ0v) is 22.3. The van der Waals surface area contributed by atoms with Gasteiger partial charge in [-0.3, -0.25) is 9.59 Å². The zero-order chi connectivity index (χ0) is 26.6. The first-order chi connectivity index (χ1) is 18.5. The van der Waals surface area contributed by atoms with Crippen molar-refractivity contribution in [2.75, 3.05) is 49.7 Å². The maximum atomic E-state index is 13.9. The second-order valence-electron chi connectivity index (χ2n) is 10.6. The lowest BCUT2D eigenvalue weighted by Crippen LogP contribution is -2.48. The maximum Gasteiger partial charge on any atom is 0.253 e. The van der Waals surface area contributed by atoms with E-state index in [1.807, 2.05) is 36.1 Å². The number of fused-ring (bicyclic) bond motifs is 3. The Morgan fingerprint density at radius 3 is 2.68 bits per heavy atom. The molecule has 2 saturated heterocycles. The van der Waals surface area contributed by atoms with Gasteiger partial charge in [0, 0.05) is 43.5 Å². The minimum Gasteiger partial charge on any atom is -0.394 e. The molecule has 0 bridgehead atoms. The fourth-order valence-corrected chi connectivity index (χ4v) is 6.20. The summed E-state index contributed by atoms with van der Waals surface area (Å²) in [6.45, 7) is 7.59. The number of para-hydroxylation sites is 1. The molecule has 0 saturated carbocycles. The molecule has 1 aromatic carbocycles. The number of aliphatic hydroxyl groups excluding tert-OH is 1. The third kappa shape index (κ3) is 5.22. The number of aliphatic hydroxyl groups is 1. The van der Waals surface area contributed by atoms with Crippen LogP contribution in [-0.2, 0) is 9.53 Å². The Hall–Kier alpha value is -3.17. The van der Waals surface area contributed by atoms with Crippen molar-refractivity contribution < 1.29 is 19.4 Å². The van der Waals surface area contributed by atoms with E-state index >= 15 is 0 Å². The summed E-state index contributed by atoms with van der Waals surface area (Å²) in [6, 6.07) is 11.3. The van der Waals surface area contributed by atoms with E-state index in [0.717, 1.165) is 43.0 Å². The molecular formula is C29H39N5O4. The summed E-state index contributed by atoms with van der Waals surface area (Å²) in [5, 5.41) is 16.6. The summed E-state index contributed by atoms with van der Waals surface area (Å²) in [6.07, 6.45) is 4.00. The number of nitrogens with one attached hydrogen (secondary N) is 2. The second kappa shape index (κ2) is 11.7. The molecule has 0 spiro atoms. The van der Waals surface area contributed by atoms with Crippen LogP contribution in [0, 0.1) is 11.8 Å². The highest BCUT2D eigenvalue weighted by Gasteiger charge is 2.46. The summed E-state index contributed by atoms with van der Waals surface area (Å²) in [4.78, 5) is 35.8. The molecule has 5 rings (SSSR count). The maximum absolute atomic E-state index is 13.9. The number of hydrogen-bond acceptors (Lipinski definition) is 7. The minimum atomic E-state index is -0.382. The van der Waals surface area contributed by atoms with Crippen LogP contribution in [0.2, 0.25) is 0 Å². The van der Waals surface area contributed by atoms with E-state index in [1.54, 1.807) is 12.3 Å². The predicted molar refractivity (Wildman–Crippen MR) is 146 cm³/mol. The molecule has 5 atom stereocenters. The molecule has 3 aliphatic heterocycles. The number of morpholine rings is 1. The minimum absolute atomic E-state index is 0.0277. The van der Waals surface area contributed by atoms with Crippen molar-refractivity contribution in [1.29, 1.82) is 0 Å². The molecule has 1 aromatic heterocycles. The van der Waals surface area contributed by atoms with Crippen molar-refractivity contribution in [2.45, 2.75) is 51.2 Å². The van der Waals surface area contributed by atoms with Crippen LogP contribution in [0.3, 0.4) is 0 Å². The number of carbonyl (C=O) groups excluding carboxylic acids is 2. The first kappa shape index (κ1) is 26.4. The summed E-state index contributed by atoms with van der Waals surface area (Å²) in [5.41, 5.74) is 2.57. The largest absolute Gasteiger partial charge is 0.394 e. The fourth-order valence-electron chi connectivity index (χ4n) is 6.20. The Morgan fingerprint density at radius 2 is 1.97 bits per heavy atom. The van der Waals surface area contributed by atoms with E-state index in [2.05, 4.69) is 33.5 Å². The molecule has 3 aliphatic rings. The first-order valence-electron chi connectivity index (χ1n) is 13.9. The van der Waals surface area contributed by atoms with Gasteiger partial charge in [0.05, 0.1) is 43.4 Å². The van der Waals surface area contributed by atoms with Crippen LogP contribution in [-0.4, -0.2) is 78.3 Å². The summed E-state index contributed by atoms with van der Waals surface area (Å²) in [7, 11) is 0. The molecule has 2 aromatic rings. The van der Waals surface area contributed by atoms with Gasteiger partial charge in [-0.1, -0.05) is 38.5 Å². The number of carbonyl (C=O) groups is 2. The molecular weight excluding hydrogens is 482 g/mol. The Bertz CT molecular complexity index is 1120. The molecule has 204 valence electrons. The summed E-state index contributed by atoms with van der Waals surface area (Å²) in [5.74, 6) is 0.445. The highest BCUT2D eigenvalue weighted by atomic mass is 16.5. The van der Waals surface area contributed by atoms with E-state index in [-0.39, 0.29) is 48.4 Å². The molecule has 9 heteroatoms. The van der Waals surface area contributed by atoms with Gasteiger partial charge in [0.1, 0.15) is 5.82 Å². The summed E-state index contributed by atoms with van der Waals surface area (Å²) >= 11 is 0. The molecule has 4 heterocycles. The second-order valence-corrected chi connectivity index (χ2v) is 10.6. The standard InChI is InChI=1S/C29H39N5O4/c1-3-6-23(32-28(36)20-9-10-26(30-17-20)33-13-15-38-16-14-33)19(2)29(37)34-12-11-22-25(18-35)31-24-8-5-4-7-21(24)27(22)34/h4-5,7-10,17,19,22-23,25,27,31,35H,3,6,11-16,18H2,1-2H3,(H,32,36)/t19-,22+,23+,25-,27-/m0/s1. The van der Waals surface area contributed by atoms with Gasteiger partial charge in [0.2, 0.25) is 5.91 Å². The summed E-state index contributed by atoms with van der Waals surface area (Å²) < 4.78 is 5.41. The predicted octanol–water partition coefficient (Wildman–Crippen LogP) is 2.83. The average Bonchev–Trinajstić information content (AvgIpc) is 3.42. The van der Waals surface area contributed by atoms with Gasteiger partial charge in [-0.2, -0.15) is 0 Å². The van der Waals surface area contributed by atoms with Gasteiger partial charge in [-0.05, 0) is 36.6 Å². The third-order valence-electron chi connectivity index (χ3n) is 8.32. The van der Waals surface area contributed by atoms with Gasteiger partial charge >= 0.3 is 0 Å². The number of amides is 2. The molecule has 38 heavy (non-hydrogen) atoms. The van der Waals surface area contributed by atoms with E-state index in [4.69, 9.17) is 4.74 Å². The fraction of sp³-hybridized carbons (Fsp3) is 0.552. The monoisotopic (exact) mass is 521 g/mol. The Kier molecular flexibility index (Phi) is 8.14. The van der Waals surface area contributed by atoms with Crippen molar-refractivity contribution in [3.05, 3.63) is 53.7 Å². The number of benzene rings is 1. The number of nitrogens with zero attached hydrogens (tertiary/aromatic N) is 3. The Labute approximate surface area is 224 Å². The zero-order valence-electron chi connectivity index (χ0n) is 22.3. The van der Waals surface area contributed by atoms with Crippen LogP contribution in [0.15, 0.2) is 42.6 Å². The highest BCUT2D eigenvalue weighted by Crippen LogP contribution is 2.46. The van der Waals surface area contributed by atoms with Crippen LogP contribution in [0.4, 0.5) is 11.5 Å². The van der Waals surface area contributed by atoms with Crippen molar-refractivity contribution in [1.82, 2.24) is 15.2 Å². The van der Waals surface area contributed by atoms with Crippen LogP contribution in [0.5, 0.6) is 0 Å². The van der Waals surface area contributed by atoms with E-state index in [9.17, 15) is 14.7 Å². The molecule has 2 fully saturated rings. The molecule has 9 nitrogen and oxygen atoms in total. The van der Waals surface area contributed by atoms with Crippen LogP contribution >= 0.6 is 0 Å². The Balaban J connectivity index is 1.29. The number of anilines is 2. The van der Waals surface area contributed by atoms with Crippen LogP contribution in [0.1, 0.15) is 55.1 Å². The van der Waals surface area contributed by atoms with Crippen molar-refractivity contribution in [2.24, 2.45) is 11.8 Å². The molecule has 2 amide bonds. The lowest BCUT2D eigenvalue weighted by Gasteiger charge is -2.40. The number of pyridine rings is 1. The molecule has 3 N–H and O–H groups in total. The number of ether oxygens (including phenoxy) is 1. The van der Waals surface area contributed by atoms with E-state index in [1.165, 1.54) is 0 Å². The normalized spacial score (nSPS) is 24.1. The van der Waals surface area contributed by atoms with Crippen molar-refractivity contribution in [3.63, 3.8) is 0 Å². The topological polar surface area (TPSA) is 107 Å². The van der Waals surface area contributed by atoms with Gasteiger partial charge < -0.3 is 30.3 Å². The van der Waals surface area contributed by atoms with Gasteiger partial charge in [0.15, 0.2) is 0 Å². The number of likely N-dealkylation sites (tertiary alicyclic amines) is 1. The smallest absolute Gasteiger partial charge is 0.253 e. The van der Waals surface area contributed by atoms with Crippen LogP contribution < -0.4 is 15.5 Å². The van der Waals surface area contributed by atoms with Gasteiger partial charge in [-0.25, -0.2) is 4.98 Å². The number of aromatic nitrogens is 1. The SMILES string of the molecule is CCC[C@@H](NC(=O)c1ccc(N2CCOCC2)nc1)[C@H](C)C(=O)N1CC[C@@H]2[C@H](CO)Nc3ccccc3[C@@H]21. The number of hydrogen-bond donors (Lipinski definition) is 3. The Morgan fingerprint density at radius 1 is 1.18 bits per heavy atom. The quantitative estimate of drug-likeness (QED) is 0.490. The van der Waals surface area contributed by atoms with Gasteiger partial charge in [-0.15, -0.1) is 0 Å². The van der Waals surface area contributed by atoms with Crippen molar-refractivity contribution in [3.8, 4) is 0 Å². The lowest BCUT2D eigenvalue weighted by atomic mass is 9.83. The van der Waals surface area contributed by atoms with Gasteiger partial charge in [0.25, 0.3) is 5.91 Å². The first-order valence-corrected chi connectivity index (χ1v) is 13.9. The van der Waals surface area contributed by atoms with Crippen molar-refractivity contribution >= 4 is 23.3 Å². The third-order valence-corrected chi connectivity index (χ3v) is 8.32. The highest BCUT2D eigenvalue weighted by molar-refractivity contribution is 5.94.